The van der Waals surface area contributed by atoms with Gasteiger partial charge in [-0.1, -0.05) is 37.3 Å². The van der Waals surface area contributed by atoms with E-state index in [9.17, 15) is 0 Å². The first-order valence-corrected chi connectivity index (χ1v) is 5.90. The summed E-state index contributed by atoms with van der Waals surface area (Å²) >= 11 is 0. The molecule has 17 heavy (non-hydrogen) atoms. The summed E-state index contributed by atoms with van der Waals surface area (Å²) in [5.74, 6) is 1.77. The number of aryl methyl sites for hydroxylation is 1. The minimum absolute atomic E-state index is 0.255. The van der Waals surface area contributed by atoms with Gasteiger partial charge in [0, 0.05) is 12.6 Å². The standard InChI is InChI=1S/C13H18N4/c1-4-11(14-2)13-15-12(16-17(13)3)10-8-6-5-7-9-10/h5-9,11,14H,4H2,1-3H3. The first-order chi connectivity index (χ1) is 8.26. The van der Waals surface area contributed by atoms with E-state index in [-0.39, 0.29) is 6.04 Å². The molecule has 1 heterocycles. The molecule has 90 valence electrons. The van der Waals surface area contributed by atoms with Crippen molar-refractivity contribution >= 4 is 0 Å². The summed E-state index contributed by atoms with van der Waals surface area (Å²) in [5.41, 5.74) is 1.06. The maximum Gasteiger partial charge on any atom is 0.181 e. The molecule has 2 aromatic rings. The summed E-state index contributed by atoms with van der Waals surface area (Å²) in [6, 6.07) is 10.3. The minimum Gasteiger partial charge on any atom is -0.310 e. The van der Waals surface area contributed by atoms with Crippen LogP contribution in [0.1, 0.15) is 25.2 Å². The first-order valence-electron chi connectivity index (χ1n) is 5.90. The predicted octanol–water partition coefficient (Wildman–Crippen LogP) is 2.15. The van der Waals surface area contributed by atoms with Crippen LogP contribution in [-0.2, 0) is 7.05 Å². The largest absolute Gasteiger partial charge is 0.310 e. The fourth-order valence-electron chi connectivity index (χ4n) is 1.93. The first kappa shape index (κ1) is 11.8. The van der Waals surface area contributed by atoms with Gasteiger partial charge in [0.1, 0.15) is 5.82 Å². The molecule has 1 atom stereocenters. The number of nitrogens with one attached hydrogen (secondary N) is 1. The van der Waals surface area contributed by atoms with Crippen LogP contribution in [0.5, 0.6) is 0 Å². The van der Waals surface area contributed by atoms with Crippen molar-refractivity contribution in [1.82, 2.24) is 20.1 Å². The van der Waals surface area contributed by atoms with Crippen LogP contribution in [0.4, 0.5) is 0 Å². The molecule has 1 aromatic heterocycles. The van der Waals surface area contributed by atoms with Gasteiger partial charge < -0.3 is 5.32 Å². The van der Waals surface area contributed by atoms with Crippen LogP contribution in [0.3, 0.4) is 0 Å². The van der Waals surface area contributed by atoms with Crippen molar-refractivity contribution in [1.29, 1.82) is 0 Å². The van der Waals surface area contributed by atoms with E-state index in [1.165, 1.54) is 0 Å². The van der Waals surface area contributed by atoms with Gasteiger partial charge in [0.15, 0.2) is 5.82 Å². The predicted molar refractivity (Wildman–Crippen MR) is 68.5 cm³/mol. The minimum atomic E-state index is 0.255. The summed E-state index contributed by atoms with van der Waals surface area (Å²) < 4.78 is 1.85. The zero-order chi connectivity index (χ0) is 12.3. The highest BCUT2D eigenvalue weighted by atomic mass is 15.3. The lowest BCUT2D eigenvalue weighted by molar-refractivity contribution is 0.513. The molecular formula is C13H18N4. The third kappa shape index (κ3) is 2.36. The molecule has 0 saturated carbocycles. The fourth-order valence-corrected chi connectivity index (χ4v) is 1.93. The van der Waals surface area contributed by atoms with E-state index in [1.54, 1.807) is 0 Å². The number of benzene rings is 1. The number of hydrogen-bond donors (Lipinski definition) is 1. The summed E-state index contributed by atoms with van der Waals surface area (Å²) in [4.78, 5) is 4.61. The smallest absolute Gasteiger partial charge is 0.181 e. The number of rotatable bonds is 4. The van der Waals surface area contributed by atoms with Crippen LogP contribution in [0.2, 0.25) is 0 Å². The summed E-state index contributed by atoms with van der Waals surface area (Å²) in [5, 5.41) is 7.71. The van der Waals surface area contributed by atoms with Gasteiger partial charge in [0.05, 0.1) is 6.04 Å². The van der Waals surface area contributed by atoms with Gasteiger partial charge in [-0.2, -0.15) is 5.10 Å². The van der Waals surface area contributed by atoms with Crippen molar-refractivity contribution in [2.75, 3.05) is 7.05 Å². The highest BCUT2D eigenvalue weighted by Gasteiger charge is 2.15. The quantitative estimate of drug-likeness (QED) is 0.875. The Morgan fingerprint density at radius 1 is 1.29 bits per heavy atom. The van der Waals surface area contributed by atoms with Crippen LogP contribution in [-0.4, -0.2) is 21.8 Å². The summed E-state index contributed by atoms with van der Waals surface area (Å²) in [6.45, 7) is 2.14. The topological polar surface area (TPSA) is 42.7 Å². The molecule has 0 aliphatic heterocycles. The lowest BCUT2D eigenvalue weighted by Gasteiger charge is -2.11. The van der Waals surface area contributed by atoms with Crippen LogP contribution >= 0.6 is 0 Å². The molecule has 0 aliphatic carbocycles. The monoisotopic (exact) mass is 230 g/mol. The zero-order valence-corrected chi connectivity index (χ0v) is 10.5. The summed E-state index contributed by atoms with van der Waals surface area (Å²) in [7, 11) is 3.89. The number of hydrogen-bond acceptors (Lipinski definition) is 3. The second kappa shape index (κ2) is 5.10. The van der Waals surface area contributed by atoms with E-state index in [2.05, 4.69) is 22.3 Å². The van der Waals surface area contributed by atoms with Crippen molar-refractivity contribution in [2.24, 2.45) is 7.05 Å². The molecule has 1 N–H and O–H groups in total. The Labute approximate surface area is 102 Å². The summed E-state index contributed by atoms with van der Waals surface area (Å²) in [6.07, 6.45) is 0.997. The average molecular weight is 230 g/mol. The van der Waals surface area contributed by atoms with E-state index >= 15 is 0 Å². The Bertz CT molecular complexity index is 471. The normalized spacial score (nSPS) is 12.6. The second-order valence-electron chi connectivity index (χ2n) is 4.03. The lowest BCUT2D eigenvalue weighted by Crippen LogP contribution is -2.19. The molecular weight excluding hydrogens is 212 g/mol. The highest BCUT2D eigenvalue weighted by Crippen LogP contribution is 2.19. The maximum atomic E-state index is 4.61. The van der Waals surface area contributed by atoms with Gasteiger partial charge in [0.25, 0.3) is 0 Å². The number of aromatic nitrogens is 3. The Morgan fingerprint density at radius 2 is 2.00 bits per heavy atom. The molecule has 0 spiro atoms. The van der Waals surface area contributed by atoms with E-state index in [1.807, 2.05) is 49.1 Å². The van der Waals surface area contributed by atoms with Crippen LogP contribution in [0, 0.1) is 0 Å². The van der Waals surface area contributed by atoms with E-state index in [4.69, 9.17) is 0 Å². The fraction of sp³-hybridized carbons (Fsp3) is 0.385. The molecule has 0 aliphatic rings. The van der Waals surface area contributed by atoms with Crippen LogP contribution < -0.4 is 5.32 Å². The van der Waals surface area contributed by atoms with Gasteiger partial charge in [0.2, 0.25) is 0 Å². The lowest BCUT2D eigenvalue weighted by atomic mass is 10.2. The van der Waals surface area contributed by atoms with E-state index in [0.717, 1.165) is 23.6 Å². The van der Waals surface area contributed by atoms with Gasteiger partial charge in [-0.3, -0.25) is 4.68 Å². The second-order valence-corrected chi connectivity index (χ2v) is 4.03. The third-order valence-electron chi connectivity index (χ3n) is 2.90. The Kier molecular flexibility index (Phi) is 3.54. The molecule has 2 rings (SSSR count). The SMILES string of the molecule is CCC(NC)c1nc(-c2ccccc2)nn1C. The molecule has 0 saturated heterocycles. The zero-order valence-electron chi connectivity index (χ0n) is 10.5. The van der Waals surface area contributed by atoms with Gasteiger partial charge in [-0.25, -0.2) is 4.98 Å². The van der Waals surface area contributed by atoms with Gasteiger partial charge >= 0.3 is 0 Å². The average Bonchev–Trinajstić information content (AvgIpc) is 2.75. The molecule has 0 fully saturated rings. The van der Waals surface area contributed by atoms with Gasteiger partial charge in [-0.15, -0.1) is 0 Å². The van der Waals surface area contributed by atoms with Crippen molar-refractivity contribution in [3.63, 3.8) is 0 Å². The molecule has 0 amide bonds. The van der Waals surface area contributed by atoms with E-state index < -0.39 is 0 Å². The Morgan fingerprint density at radius 3 is 2.59 bits per heavy atom. The van der Waals surface area contributed by atoms with Gasteiger partial charge in [-0.05, 0) is 13.5 Å². The maximum absolute atomic E-state index is 4.61. The van der Waals surface area contributed by atoms with Crippen molar-refractivity contribution < 1.29 is 0 Å². The van der Waals surface area contributed by atoms with Crippen molar-refractivity contribution in [3.05, 3.63) is 36.2 Å². The Balaban J connectivity index is 2.37. The number of nitrogens with zero attached hydrogens (tertiary/aromatic N) is 3. The van der Waals surface area contributed by atoms with Crippen LogP contribution in [0.25, 0.3) is 11.4 Å². The van der Waals surface area contributed by atoms with E-state index in [0.29, 0.717) is 0 Å². The van der Waals surface area contributed by atoms with Crippen LogP contribution in [0.15, 0.2) is 30.3 Å². The van der Waals surface area contributed by atoms with Crippen molar-refractivity contribution in [3.8, 4) is 11.4 Å². The van der Waals surface area contributed by atoms with Crippen molar-refractivity contribution in [2.45, 2.75) is 19.4 Å². The molecule has 4 nitrogen and oxygen atoms in total. The Hall–Kier alpha value is -1.68. The molecule has 1 unspecified atom stereocenters. The molecule has 4 heteroatoms. The molecule has 1 aromatic carbocycles. The third-order valence-corrected chi connectivity index (χ3v) is 2.90. The molecule has 0 radical (unpaired) electrons. The highest BCUT2D eigenvalue weighted by molar-refractivity contribution is 5.54. The molecule has 0 bridgehead atoms.